The van der Waals surface area contributed by atoms with Crippen molar-refractivity contribution in [1.29, 1.82) is 0 Å². The Morgan fingerprint density at radius 1 is 1.15 bits per heavy atom. The zero-order valence-electron chi connectivity index (χ0n) is 9.11. The van der Waals surface area contributed by atoms with Crippen molar-refractivity contribution >= 4 is 11.6 Å². The van der Waals surface area contributed by atoms with Crippen molar-refractivity contribution in [2.75, 3.05) is 0 Å². The van der Waals surface area contributed by atoms with Gasteiger partial charge in [-0.2, -0.15) is 0 Å². The van der Waals surface area contributed by atoms with Crippen LogP contribution in [0.1, 0.15) is 65.2 Å². The Morgan fingerprint density at radius 2 is 1.77 bits per heavy atom. The molecule has 13 heavy (non-hydrogen) atoms. The number of halogens is 1. The van der Waals surface area contributed by atoms with Crippen molar-refractivity contribution in [1.82, 2.24) is 0 Å². The average Bonchev–Trinajstić information content (AvgIpc) is 2.04. The van der Waals surface area contributed by atoms with E-state index in [0.29, 0.717) is 0 Å². The normalized spacial score (nSPS) is 20.5. The molecule has 0 aromatic carbocycles. The molecule has 0 aromatic rings. The molecule has 1 heteroatoms. The zero-order valence-corrected chi connectivity index (χ0v) is 9.87. The second-order valence-electron chi connectivity index (χ2n) is 5.11. The molecule has 0 aliphatic heterocycles. The Kier molecular flexibility index (Phi) is 4.58. The lowest BCUT2D eigenvalue weighted by Crippen LogP contribution is -2.12. The molecule has 0 saturated heterocycles. The van der Waals surface area contributed by atoms with Gasteiger partial charge in [0.05, 0.1) is 0 Å². The van der Waals surface area contributed by atoms with Crippen LogP contribution in [0.15, 0.2) is 0 Å². The van der Waals surface area contributed by atoms with E-state index in [-0.39, 0.29) is 4.87 Å². The summed E-state index contributed by atoms with van der Waals surface area (Å²) in [6.45, 7) is 4.24. The van der Waals surface area contributed by atoms with Crippen molar-refractivity contribution in [2.45, 2.75) is 70.1 Å². The van der Waals surface area contributed by atoms with Crippen LogP contribution in [-0.4, -0.2) is 4.87 Å². The van der Waals surface area contributed by atoms with Gasteiger partial charge in [0.1, 0.15) is 0 Å². The van der Waals surface area contributed by atoms with Gasteiger partial charge in [-0.25, -0.2) is 0 Å². The minimum atomic E-state index is 0.0225. The van der Waals surface area contributed by atoms with Crippen molar-refractivity contribution in [2.24, 2.45) is 5.92 Å². The lowest BCUT2D eigenvalue weighted by molar-refractivity contribution is 0.325. The maximum atomic E-state index is 6.15. The van der Waals surface area contributed by atoms with Crippen LogP contribution in [0.2, 0.25) is 0 Å². The fourth-order valence-electron chi connectivity index (χ4n) is 2.29. The largest absolute Gasteiger partial charge is 0.120 e. The molecule has 78 valence electrons. The predicted molar refractivity (Wildman–Crippen MR) is 60.4 cm³/mol. The number of hydrogen-bond donors (Lipinski definition) is 0. The fraction of sp³-hybridized carbons (Fsp3) is 1.00. The van der Waals surface area contributed by atoms with Crippen LogP contribution in [0.25, 0.3) is 0 Å². The molecular formula is C12H23Cl. The summed E-state index contributed by atoms with van der Waals surface area (Å²) in [7, 11) is 0. The third-order valence-corrected chi connectivity index (χ3v) is 3.30. The van der Waals surface area contributed by atoms with Crippen LogP contribution < -0.4 is 0 Å². The first kappa shape index (κ1) is 11.4. The number of alkyl halides is 1. The molecule has 0 heterocycles. The molecule has 1 fully saturated rings. The van der Waals surface area contributed by atoms with Gasteiger partial charge in [-0.1, -0.05) is 44.9 Å². The average molecular weight is 203 g/mol. The minimum Gasteiger partial charge on any atom is -0.120 e. The molecule has 1 aliphatic carbocycles. The molecule has 0 radical (unpaired) electrons. The Morgan fingerprint density at radius 3 is 2.31 bits per heavy atom. The van der Waals surface area contributed by atoms with Crippen LogP contribution in [0.4, 0.5) is 0 Å². The van der Waals surface area contributed by atoms with E-state index in [1.54, 1.807) is 0 Å². The van der Waals surface area contributed by atoms with Gasteiger partial charge in [0.25, 0.3) is 0 Å². The van der Waals surface area contributed by atoms with E-state index in [4.69, 9.17) is 11.6 Å². The molecule has 1 rings (SSSR count). The summed E-state index contributed by atoms with van der Waals surface area (Å²) in [6, 6.07) is 0. The third-order valence-electron chi connectivity index (χ3n) is 3.11. The van der Waals surface area contributed by atoms with Gasteiger partial charge in [-0.15, -0.1) is 11.6 Å². The quantitative estimate of drug-likeness (QED) is 0.577. The maximum absolute atomic E-state index is 6.15. The van der Waals surface area contributed by atoms with Gasteiger partial charge < -0.3 is 0 Å². The van der Waals surface area contributed by atoms with Crippen LogP contribution in [0.3, 0.4) is 0 Å². The summed E-state index contributed by atoms with van der Waals surface area (Å²) in [4.78, 5) is 0.0225. The van der Waals surface area contributed by atoms with Crippen molar-refractivity contribution in [3.05, 3.63) is 0 Å². The molecule has 0 aromatic heterocycles. The van der Waals surface area contributed by atoms with Crippen LogP contribution >= 0.6 is 11.6 Å². The lowest BCUT2D eigenvalue weighted by Gasteiger charge is -2.23. The van der Waals surface area contributed by atoms with E-state index in [0.717, 1.165) is 5.92 Å². The molecule has 0 spiro atoms. The van der Waals surface area contributed by atoms with E-state index < -0.39 is 0 Å². The topological polar surface area (TPSA) is 0 Å². The number of rotatable bonds is 4. The highest BCUT2D eigenvalue weighted by Gasteiger charge is 2.16. The van der Waals surface area contributed by atoms with Crippen LogP contribution in [-0.2, 0) is 0 Å². The standard InChI is InChI=1S/C12H23Cl/c1-12(2,13)10-6-9-11-7-4-3-5-8-11/h11H,3-10H2,1-2H3. The Labute approximate surface area is 88.1 Å². The molecule has 1 aliphatic rings. The van der Waals surface area contributed by atoms with Crippen molar-refractivity contribution in [3.63, 3.8) is 0 Å². The molecular weight excluding hydrogens is 180 g/mol. The SMILES string of the molecule is CC(C)(Cl)CCCC1CCCCC1. The Balaban J connectivity index is 2.04. The van der Waals surface area contributed by atoms with Crippen molar-refractivity contribution < 1.29 is 0 Å². The van der Waals surface area contributed by atoms with Gasteiger partial charge in [0.15, 0.2) is 0 Å². The fourth-order valence-corrected chi connectivity index (χ4v) is 2.42. The summed E-state index contributed by atoms with van der Waals surface area (Å²) in [5, 5.41) is 0. The number of hydrogen-bond acceptors (Lipinski definition) is 0. The molecule has 0 N–H and O–H groups in total. The van der Waals surface area contributed by atoms with E-state index in [2.05, 4.69) is 13.8 Å². The second kappa shape index (κ2) is 5.24. The highest BCUT2D eigenvalue weighted by molar-refractivity contribution is 6.23. The van der Waals surface area contributed by atoms with Gasteiger partial charge in [0, 0.05) is 4.87 Å². The maximum Gasteiger partial charge on any atom is 0.0390 e. The first-order chi connectivity index (χ1) is 6.08. The van der Waals surface area contributed by atoms with E-state index in [1.165, 1.54) is 51.4 Å². The van der Waals surface area contributed by atoms with Gasteiger partial charge >= 0.3 is 0 Å². The smallest absolute Gasteiger partial charge is 0.0390 e. The summed E-state index contributed by atoms with van der Waals surface area (Å²) in [5.74, 6) is 1.02. The zero-order chi connectivity index (χ0) is 9.73. The monoisotopic (exact) mass is 202 g/mol. The minimum absolute atomic E-state index is 0.0225. The molecule has 0 nitrogen and oxygen atoms in total. The van der Waals surface area contributed by atoms with E-state index in [9.17, 15) is 0 Å². The first-order valence-corrected chi connectivity index (χ1v) is 6.15. The van der Waals surface area contributed by atoms with Crippen molar-refractivity contribution in [3.8, 4) is 0 Å². The van der Waals surface area contributed by atoms with Gasteiger partial charge in [0.2, 0.25) is 0 Å². The summed E-state index contributed by atoms with van der Waals surface area (Å²) >= 11 is 6.15. The second-order valence-corrected chi connectivity index (χ2v) is 6.14. The highest BCUT2D eigenvalue weighted by Crippen LogP contribution is 2.29. The molecule has 0 unspecified atom stereocenters. The predicted octanol–water partition coefficient (Wildman–Crippen LogP) is 4.75. The summed E-state index contributed by atoms with van der Waals surface area (Å²) in [6.07, 6.45) is 11.3. The highest BCUT2D eigenvalue weighted by atomic mass is 35.5. The first-order valence-electron chi connectivity index (χ1n) is 5.77. The van der Waals surface area contributed by atoms with E-state index >= 15 is 0 Å². The molecule has 1 saturated carbocycles. The Bertz CT molecular complexity index is 129. The van der Waals surface area contributed by atoms with E-state index in [1.807, 2.05) is 0 Å². The van der Waals surface area contributed by atoms with Gasteiger partial charge in [-0.3, -0.25) is 0 Å². The molecule has 0 amide bonds. The summed E-state index contributed by atoms with van der Waals surface area (Å²) in [5.41, 5.74) is 0. The summed E-state index contributed by atoms with van der Waals surface area (Å²) < 4.78 is 0. The van der Waals surface area contributed by atoms with Crippen LogP contribution in [0.5, 0.6) is 0 Å². The van der Waals surface area contributed by atoms with Crippen LogP contribution in [0, 0.1) is 5.92 Å². The molecule has 0 atom stereocenters. The third kappa shape index (κ3) is 5.57. The van der Waals surface area contributed by atoms with Gasteiger partial charge in [-0.05, 0) is 26.2 Å². The Hall–Kier alpha value is 0.290. The lowest BCUT2D eigenvalue weighted by atomic mass is 9.85. The molecule has 0 bridgehead atoms.